The lowest BCUT2D eigenvalue weighted by molar-refractivity contribution is 0.0919. The van der Waals surface area contributed by atoms with Crippen molar-refractivity contribution in [2.75, 3.05) is 20.6 Å². The maximum atomic E-state index is 12.5. The van der Waals surface area contributed by atoms with E-state index in [0.717, 1.165) is 22.0 Å². The first-order valence-electron chi connectivity index (χ1n) is 7.65. The molecule has 0 atom stereocenters. The Morgan fingerprint density at radius 3 is 2.52 bits per heavy atom. The molecule has 23 heavy (non-hydrogen) atoms. The summed E-state index contributed by atoms with van der Waals surface area (Å²) in [6, 6.07) is 5.90. The van der Waals surface area contributed by atoms with Gasteiger partial charge >= 0.3 is 0 Å². The molecule has 0 unspecified atom stereocenters. The molecule has 0 saturated carbocycles. The Morgan fingerprint density at radius 2 is 1.91 bits per heavy atom. The highest BCUT2D eigenvalue weighted by Crippen LogP contribution is 2.24. The number of fused-ring (bicyclic) bond motifs is 1. The Hall–Kier alpha value is -1.65. The lowest BCUT2D eigenvalue weighted by atomic mass is 10.0. The van der Waals surface area contributed by atoms with E-state index in [0.29, 0.717) is 12.1 Å². The highest BCUT2D eigenvalue weighted by atomic mass is 35.5. The normalized spacial score (nSPS) is 12.0. The lowest BCUT2D eigenvalue weighted by Crippen LogP contribution is -2.48. The second-order valence-corrected chi connectivity index (χ2v) is 7.23. The summed E-state index contributed by atoms with van der Waals surface area (Å²) < 4.78 is 0. The largest absolute Gasteiger partial charge is 0.350 e. The van der Waals surface area contributed by atoms with Crippen LogP contribution < -0.4 is 5.32 Å². The van der Waals surface area contributed by atoms with Crippen molar-refractivity contribution in [3.8, 4) is 0 Å². The van der Waals surface area contributed by atoms with Crippen molar-refractivity contribution < 1.29 is 4.79 Å². The number of hydrogen-bond donors (Lipinski definition) is 1. The van der Waals surface area contributed by atoms with Crippen molar-refractivity contribution in [3.63, 3.8) is 0 Å². The second-order valence-electron chi connectivity index (χ2n) is 6.87. The van der Waals surface area contributed by atoms with Crippen LogP contribution in [-0.2, 0) is 0 Å². The number of carbonyl (C=O) groups is 1. The zero-order valence-corrected chi connectivity index (χ0v) is 15.4. The molecule has 4 nitrogen and oxygen atoms in total. The van der Waals surface area contributed by atoms with Gasteiger partial charge in [0, 0.05) is 17.5 Å². The van der Waals surface area contributed by atoms with Gasteiger partial charge in [-0.05, 0) is 59.5 Å². The third-order valence-electron chi connectivity index (χ3n) is 4.34. The van der Waals surface area contributed by atoms with E-state index in [1.54, 1.807) is 0 Å². The van der Waals surface area contributed by atoms with Gasteiger partial charge in [-0.25, -0.2) is 4.98 Å². The summed E-state index contributed by atoms with van der Waals surface area (Å²) in [6.45, 7) is 8.69. The molecule has 0 saturated heterocycles. The van der Waals surface area contributed by atoms with Crippen molar-refractivity contribution in [1.82, 2.24) is 15.2 Å². The highest BCUT2D eigenvalue weighted by molar-refractivity contribution is 6.33. The van der Waals surface area contributed by atoms with E-state index in [1.165, 1.54) is 0 Å². The van der Waals surface area contributed by atoms with Crippen LogP contribution in [0.5, 0.6) is 0 Å². The lowest BCUT2D eigenvalue weighted by Gasteiger charge is -2.32. The summed E-state index contributed by atoms with van der Waals surface area (Å²) in [5, 5.41) is 4.12. The first kappa shape index (κ1) is 17.7. The molecule has 1 amide bonds. The molecule has 2 aromatic rings. The SMILES string of the molecule is Cc1cc(C)c2nc(Cl)c(C(=O)NCC(C)(C)N(C)C)cc2c1. The molecule has 2 rings (SSSR count). The van der Waals surface area contributed by atoms with Crippen molar-refractivity contribution in [1.29, 1.82) is 0 Å². The average molecular weight is 334 g/mol. The van der Waals surface area contributed by atoms with E-state index < -0.39 is 0 Å². The fourth-order valence-corrected chi connectivity index (χ4v) is 2.56. The summed E-state index contributed by atoms with van der Waals surface area (Å²) in [4.78, 5) is 19.0. The molecule has 0 radical (unpaired) electrons. The molecular weight excluding hydrogens is 310 g/mol. The maximum absolute atomic E-state index is 12.5. The number of hydrogen-bond acceptors (Lipinski definition) is 3. The third-order valence-corrected chi connectivity index (χ3v) is 4.63. The number of rotatable bonds is 4. The quantitative estimate of drug-likeness (QED) is 0.870. The monoisotopic (exact) mass is 333 g/mol. The minimum Gasteiger partial charge on any atom is -0.350 e. The minimum atomic E-state index is -0.196. The summed E-state index contributed by atoms with van der Waals surface area (Å²) in [6.07, 6.45) is 0. The topological polar surface area (TPSA) is 45.2 Å². The summed E-state index contributed by atoms with van der Waals surface area (Å²) >= 11 is 6.24. The van der Waals surface area contributed by atoms with Crippen molar-refractivity contribution >= 4 is 28.4 Å². The highest BCUT2D eigenvalue weighted by Gasteiger charge is 2.22. The second kappa shape index (κ2) is 6.46. The van der Waals surface area contributed by atoms with Gasteiger partial charge in [0.05, 0.1) is 11.1 Å². The molecule has 0 bridgehead atoms. The van der Waals surface area contributed by atoms with E-state index in [4.69, 9.17) is 11.6 Å². The third kappa shape index (κ3) is 3.82. The van der Waals surface area contributed by atoms with Crippen LogP contribution in [-0.4, -0.2) is 42.0 Å². The van der Waals surface area contributed by atoms with Gasteiger partial charge < -0.3 is 10.2 Å². The van der Waals surface area contributed by atoms with E-state index in [9.17, 15) is 4.79 Å². The van der Waals surface area contributed by atoms with Crippen LogP contribution in [0.4, 0.5) is 0 Å². The van der Waals surface area contributed by atoms with Crippen molar-refractivity contribution in [2.24, 2.45) is 0 Å². The van der Waals surface area contributed by atoms with E-state index in [1.807, 2.05) is 40.1 Å². The molecule has 124 valence electrons. The van der Waals surface area contributed by atoms with Crippen LogP contribution in [0.2, 0.25) is 5.15 Å². The number of halogens is 1. The van der Waals surface area contributed by atoms with Gasteiger partial charge in [-0.2, -0.15) is 0 Å². The van der Waals surface area contributed by atoms with E-state index in [2.05, 4.69) is 35.1 Å². The first-order chi connectivity index (χ1) is 10.6. The molecule has 0 aliphatic rings. The molecule has 1 aromatic carbocycles. The maximum Gasteiger partial charge on any atom is 0.254 e. The first-order valence-corrected chi connectivity index (χ1v) is 8.03. The Kier molecular flexibility index (Phi) is 4.97. The molecular formula is C18H24ClN3O. The van der Waals surface area contributed by atoms with Crippen LogP contribution >= 0.6 is 11.6 Å². The minimum absolute atomic E-state index is 0.139. The molecule has 5 heteroatoms. The Labute approximate surface area is 142 Å². The number of nitrogens with one attached hydrogen (secondary N) is 1. The smallest absolute Gasteiger partial charge is 0.254 e. The Bertz CT molecular complexity index is 754. The molecule has 0 aliphatic carbocycles. The van der Waals surface area contributed by atoms with Crippen LogP contribution in [0.15, 0.2) is 18.2 Å². The summed E-state index contributed by atoms with van der Waals surface area (Å²) in [5.74, 6) is -0.196. The number of amides is 1. The fourth-order valence-electron chi connectivity index (χ4n) is 2.34. The summed E-state index contributed by atoms with van der Waals surface area (Å²) in [7, 11) is 3.98. The average Bonchev–Trinajstić information content (AvgIpc) is 2.45. The zero-order chi connectivity index (χ0) is 17.4. The summed E-state index contributed by atoms with van der Waals surface area (Å²) in [5.41, 5.74) is 3.31. The molecule has 0 fully saturated rings. The van der Waals surface area contributed by atoms with Gasteiger partial charge in [-0.3, -0.25) is 4.79 Å². The van der Waals surface area contributed by atoms with E-state index in [-0.39, 0.29) is 16.6 Å². The molecule has 1 N–H and O–H groups in total. The molecule has 0 aliphatic heterocycles. The zero-order valence-electron chi connectivity index (χ0n) is 14.6. The predicted molar refractivity (Wildman–Crippen MR) is 96.3 cm³/mol. The molecule has 1 heterocycles. The number of aromatic nitrogens is 1. The van der Waals surface area contributed by atoms with Crippen LogP contribution in [0.3, 0.4) is 0 Å². The van der Waals surface area contributed by atoms with Gasteiger partial charge in [-0.1, -0.05) is 23.2 Å². The number of nitrogens with zero attached hydrogens (tertiary/aromatic N) is 2. The van der Waals surface area contributed by atoms with Gasteiger partial charge in [0.1, 0.15) is 5.15 Å². The number of carbonyl (C=O) groups excluding carboxylic acids is 1. The Morgan fingerprint density at radius 1 is 1.26 bits per heavy atom. The van der Waals surface area contributed by atoms with Gasteiger partial charge in [0.25, 0.3) is 5.91 Å². The predicted octanol–water partition coefficient (Wildman–Crippen LogP) is 3.58. The van der Waals surface area contributed by atoms with Gasteiger partial charge in [-0.15, -0.1) is 0 Å². The molecule has 1 aromatic heterocycles. The van der Waals surface area contributed by atoms with Crippen LogP contribution in [0.1, 0.15) is 35.3 Å². The van der Waals surface area contributed by atoms with Gasteiger partial charge in [0.2, 0.25) is 0 Å². The number of likely N-dealkylation sites (N-methyl/N-ethyl adjacent to an activating group) is 1. The Balaban J connectivity index is 2.32. The fraction of sp³-hybridized carbons (Fsp3) is 0.444. The number of pyridine rings is 1. The van der Waals surface area contributed by atoms with E-state index >= 15 is 0 Å². The van der Waals surface area contributed by atoms with Crippen molar-refractivity contribution in [2.45, 2.75) is 33.2 Å². The number of benzene rings is 1. The standard InChI is InChI=1S/C18H24ClN3O/c1-11-7-12(2)15-13(8-11)9-14(16(19)21-15)17(23)20-10-18(3,4)22(5)6/h7-9H,10H2,1-6H3,(H,20,23). The number of aryl methyl sites for hydroxylation is 2. The van der Waals surface area contributed by atoms with Crippen LogP contribution in [0.25, 0.3) is 10.9 Å². The van der Waals surface area contributed by atoms with Crippen molar-refractivity contribution in [3.05, 3.63) is 40.0 Å². The van der Waals surface area contributed by atoms with Gasteiger partial charge in [0.15, 0.2) is 0 Å². The molecule has 0 spiro atoms. The van der Waals surface area contributed by atoms with Crippen LogP contribution in [0, 0.1) is 13.8 Å².